The van der Waals surface area contributed by atoms with Crippen LogP contribution in [0, 0.1) is 5.82 Å². The number of hydrogen-bond acceptors (Lipinski definition) is 3. The number of nitrogens with two attached hydrogens (primary N) is 1. The average molecular weight is 355 g/mol. The Morgan fingerprint density at radius 1 is 1.12 bits per heavy atom. The summed E-state index contributed by atoms with van der Waals surface area (Å²) < 4.78 is 12.9. The van der Waals surface area contributed by atoms with Gasteiger partial charge in [0.05, 0.1) is 12.6 Å². The third kappa shape index (κ3) is 4.46. The van der Waals surface area contributed by atoms with Gasteiger partial charge in [0.15, 0.2) is 0 Å². The van der Waals surface area contributed by atoms with E-state index in [1.807, 2.05) is 29.2 Å². The van der Waals surface area contributed by atoms with Crippen LogP contribution in [0.2, 0.25) is 0 Å². The number of halogens is 1. The van der Waals surface area contributed by atoms with Crippen molar-refractivity contribution in [3.63, 3.8) is 0 Å². The van der Waals surface area contributed by atoms with Gasteiger partial charge in [-0.3, -0.25) is 14.5 Å². The van der Waals surface area contributed by atoms with Crippen molar-refractivity contribution >= 4 is 11.8 Å². The number of amides is 2. The number of hydrogen-bond donors (Lipinski definition) is 2. The van der Waals surface area contributed by atoms with Gasteiger partial charge in [-0.25, -0.2) is 4.39 Å². The summed E-state index contributed by atoms with van der Waals surface area (Å²) in [6.07, 6.45) is 1.14. The normalized spacial score (nSPS) is 16.7. The Bertz CT molecular complexity index is 792. The smallest absolute Gasteiger partial charge is 0.235 e. The van der Waals surface area contributed by atoms with E-state index in [2.05, 4.69) is 5.32 Å². The van der Waals surface area contributed by atoms with Crippen LogP contribution in [0.25, 0.3) is 0 Å². The van der Waals surface area contributed by atoms with Crippen LogP contribution < -0.4 is 11.1 Å². The highest BCUT2D eigenvalue weighted by atomic mass is 19.1. The van der Waals surface area contributed by atoms with Crippen molar-refractivity contribution in [2.75, 3.05) is 13.1 Å². The molecule has 2 amide bonds. The van der Waals surface area contributed by atoms with Crippen LogP contribution in [0.3, 0.4) is 0 Å². The lowest BCUT2D eigenvalue weighted by molar-refractivity contribution is -0.127. The molecular formula is C20H22FN3O2. The molecule has 6 heteroatoms. The molecule has 3 N–H and O–H groups in total. The molecule has 0 fully saturated rings. The first kappa shape index (κ1) is 18.1. The molecule has 1 heterocycles. The minimum Gasteiger partial charge on any atom is -0.368 e. The number of benzene rings is 2. The molecule has 1 unspecified atom stereocenters. The van der Waals surface area contributed by atoms with E-state index in [0.29, 0.717) is 25.9 Å². The van der Waals surface area contributed by atoms with Gasteiger partial charge in [-0.2, -0.15) is 0 Å². The second-order valence-corrected chi connectivity index (χ2v) is 6.52. The zero-order valence-electron chi connectivity index (χ0n) is 14.5. The molecule has 2 aromatic rings. The summed E-state index contributed by atoms with van der Waals surface area (Å²) in [5.41, 5.74) is 8.70. The SMILES string of the molecule is NC(=O)C1Cc2ccccc2CN1CC(=O)NCCc1ccc(F)cc1. The summed E-state index contributed by atoms with van der Waals surface area (Å²) in [5, 5.41) is 2.85. The monoisotopic (exact) mass is 355 g/mol. The Hall–Kier alpha value is -2.73. The molecule has 0 saturated heterocycles. The predicted octanol–water partition coefficient (Wildman–Crippen LogP) is 1.40. The number of nitrogens with zero attached hydrogens (tertiary/aromatic N) is 1. The molecule has 0 spiro atoms. The van der Waals surface area contributed by atoms with E-state index in [1.165, 1.54) is 12.1 Å². The predicted molar refractivity (Wildman–Crippen MR) is 96.7 cm³/mol. The molecule has 1 atom stereocenters. The maximum absolute atomic E-state index is 12.9. The van der Waals surface area contributed by atoms with E-state index in [0.717, 1.165) is 16.7 Å². The fourth-order valence-electron chi connectivity index (χ4n) is 3.26. The van der Waals surface area contributed by atoms with Gasteiger partial charge in [-0.05, 0) is 41.7 Å². The fraction of sp³-hybridized carbons (Fsp3) is 0.300. The van der Waals surface area contributed by atoms with Crippen LogP contribution in [0.4, 0.5) is 4.39 Å². The number of nitrogens with one attached hydrogen (secondary N) is 1. The molecule has 5 nitrogen and oxygen atoms in total. The van der Waals surface area contributed by atoms with Crippen molar-refractivity contribution in [1.29, 1.82) is 0 Å². The van der Waals surface area contributed by atoms with Crippen molar-refractivity contribution in [1.82, 2.24) is 10.2 Å². The van der Waals surface area contributed by atoms with Crippen LogP contribution in [-0.2, 0) is 29.0 Å². The van der Waals surface area contributed by atoms with Crippen molar-refractivity contribution < 1.29 is 14.0 Å². The van der Waals surface area contributed by atoms with Gasteiger partial charge >= 0.3 is 0 Å². The first-order valence-electron chi connectivity index (χ1n) is 8.64. The van der Waals surface area contributed by atoms with Crippen LogP contribution in [0.1, 0.15) is 16.7 Å². The van der Waals surface area contributed by atoms with Crippen molar-refractivity contribution in [2.45, 2.75) is 25.4 Å². The highest BCUT2D eigenvalue weighted by molar-refractivity contribution is 5.83. The van der Waals surface area contributed by atoms with E-state index in [1.54, 1.807) is 12.1 Å². The van der Waals surface area contributed by atoms with E-state index in [-0.39, 0.29) is 18.3 Å². The quantitative estimate of drug-likeness (QED) is 0.822. The lowest BCUT2D eigenvalue weighted by Gasteiger charge is -2.34. The maximum Gasteiger partial charge on any atom is 0.235 e. The summed E-state index contributed by atoms with van der Waals surface area (Å²) in [5.74, 6) is -0.850. The molecule has 0 aliphatic carbocycles. The third-order valence-corrected chi connectivity index (χ3v) is 4.67. The first-order chi connectivity index (χ1) is 12.5. The van der Waals surface area contributed by atoms with E-state index in [9.17, 15) is 14.0 Å². The number of carbonyl (C=O) groups excluding carboxylic acids is 2. The molecule has 0 bridgehead atoms. The Kier molecular flexibility index (Phi) is 5.63. The highest BCUT2D eigenvalue weighted by Gasteiger charge is 2.30. The topological polar surface area (TPSA) is 75.4 Å². The summed E-state index contributed by atoms with van der Waals surface area (Å²) in [6, 6.07) is 13.6. The summed E-state index contributed by atoms with van der Waals surface area (Å²) in [6.45, 7) is 1.09. The Morgan fingerprint density at radius 2 is 1.81 bits per heavy atom. The Balaban J connectivity index is 1.55. The maximum atomic E-state index is 12.9. The van der Waals surface area contributed by atoms with Gasteiger partial charge in [0.25, 0.3) is 0 Å². The van der Waals surface area contributed by atoms with Gasteiger partial charge in [-0.1, -0.05) is 36.4 Å². The molecule has 0 radical (unpaired) electrons. The van der Waals surface area contributed by atoms with Gasteiger partial charge in [0.1, 0.15) is 5.82 Å². The number of fused-ring (bicyclic) bond motifs is 1. The lowest BCUT2D eigenvalue weighted by Crippen LogP contribution is -2.51. The lowest BCUT2D eigenvalue weighted by atomic mass is 9.93. The molecule has 136 valence electrons. The van der Waals surface area contributed by atoms with Crippen LogP contribution >= 0.6 is 0 Å². The zero-order chi connectivity index (χ0) is 18.5. The van der Waals surface area contributed by atoms with Gasteiger partial charge in [0.2, 0.25) is 11.8 Å². The molecule has 0 saturated carbocycles. The Labute approximate surface area is 152 Å². The summed E-state index contributed by atoms with van der Waals surface area (Å²) >= 11 is 0. The second kappa shape index (κ2) is 8.10. The summed E-state index contributed by atoms with van der Waals surface area (Å²) in [4.78, 5) is 25.9. The standard InChI is InChI=1S/C20H22FN3O2/c21-17-7-5-14(6-8-17)9-10-23-19(25)13-24-12-16-4-2-1-3-15(16)11-18(24)20(22)26/h1-8,18H,9-13H2,(H2,22,26)(H,23,25). The minimum atomic E-state index is -0.479. The van der Waals surface area contributed by atoms with Crippen molar-refractivity contribution in [3.05, 3.63) is 71.0 Å². The molecule has 1 aliphatic rings. The number of carbonyl (C=O) groups is 2. The third-order valence-electron chi connectivity index (χ3n) is 4.67. The average Bonchev–Trinajstić information content (AvgIpc) is 2.62. The van der Waals surface area contributed by atoms with Crippen LogP contribution in [0.5, 0.6) is 0 Å². The molecule has 2 aromatic carbocycles. The molecule has 26 heavy (non-hydrogen) atoms. The van der Waals surface area contributed by atoms with Gasteiger partial charge in [-0.15, -0.1) is 0 Å². The Morgan fingerprint density at radius 3 is 2.50 bits per heavy atom. The molecule has 3 rings (SSSR count). The first-order valence-corrected chi connectivity index (χ1v) is 8.64. The number of rotatable bonds is 6. The van der Waals surface area contributed by atoms with E-state index < -0.39 is 11.9 Å². The fourth-order valence-corrected chi connectivity index (χ4v) is 3.26. The zero-order valence-corrected chi connectivity index (χ0v) is 14.5. The second-order valence-electron chi connectivity index (χ2n) is 6.52. The molecular weight excluding hydrogens is 333 g/mol. The molecule has 0 aromatic heterocycles. The van der Waals surface area contributed by atoms with E-state index in [4.69, 9.17) is 5.73 Å². The minimum absolute atomic E-state index is 0.116. The summed E-state index contributed by atoms with van der Waals surface area (Å²) in [7, 11) is 0. The molecule has 1 aliphatic heterocycles. The highest BCUT2D eigenvalue weighted by Crippen LogP contribution is 2.22. The van der Waals surface area contributed by atoms with Crippen LogP contribution in [-0.4, -0.2) is 35.8 Å². The van der Waals surface area contributed by atoms with Gasteiger partial charge < -0.3 is 11.1 Å². The van der Waals surface area contributed by atoms with Crippen LogP contribution in [0.15, 0.2) is 48.5 Å². The number of primary amides is 1. The van der Waals surface area contributed by atoms with Crippen molar-refractivity contribution in [2.24, 2.45) is 5.73 Å². The van der Waals surface area contributed by atoms with E-state index >= 15 is 0 Å². The van der Waals surface area contributed by atoms with Crippen molar-refractivity contribution in [3.8, 4) is 0 Å². The largest absolute Gasteiger partial charge is 0.368 e. The van der Waals surface area contributed by atoms with Gasteiger partial charge in [0, 0.05) is 13.1 Å².